The van der Waals surface area contributed by atoms with E-state index in [0.717, 1.165) is 58.8 Å². The fourth-order valence-corrected chi connectivity index (χ4v) is 5.70. The first-order valence-corrected chi connectivity index (χ1v) is 10.1. The van der Waals surface area contributed by atoms with Crippen LogP contribution in [0.2, 0.25) is 0 Å². The van der Waals surface area contributed by atoms with Crippen LogP contribution in [0.1, 0.15) is 35.4 Å². The summed E-state index contributed by atoms with van der Waals surface area (Å²) in [6, 6.07) is 4.44. The number of rotatable bonds is 3. The molecule has 24 heavy (non-hydrogen) atoms. The van der Waals surface area contributed by atoms with Gasteiger partial charge in [-0.1, -0.05) is 0 Å². The van der Waals surface area contributed by atoms with E-state index < -0.39 is 0 Å². The second-order valence-electron chi connectivity index (χ2n) is 7.74. The number of hydrogen-bond acceptors (Lipinski definition) is 4. The van der Waals surface area contributed by atoms with E-state index >= 15 is 0 Å². The number of carbonyl (C=O) groups is 1. The van der Waals surface area contributed by atoms with E-state index in [4.69, 9.17) is 4.74 Å². The van der Waals surface area contributed by atoms with Gasteiger partial charge >= 0.3 is 0 Å². The molecule has 0 N–H and O–H groups in total. The molecule has 0 aromatic carbocycles. The zero-order valence-corrected chi connectivity index (χ0v) is 15.4. The largest absolute Gasteiger partial charge is 0.381 e. The molecule has 3 aliphatic rings. The molecule has 1 aromatic rings. The van der Waals surface area contributed by atoms with Gasteiger partial charge in [0.25, 0.3) is 0 Å². The number of likely N-dealkylation sites (tertiary alicyclic amines) is 2. The summed E-state index contributed by atoms with van der Waals surface area (Å²) < 4.78 is 5.63. The van der Waals surface area contributed by atoms with Crippen LogP contribution >= 0.6 is 11.3 Å². The summed E-state index contributed by atoms with van der Waals surface area (Å²) in [5, 5.41) is 0. The molecule has 1 aromatic heterocycles. The van der Waals surface area contributed by atoms with Crippen molar-refractivity contribution in [1.82, 2.24) is 9.80 Å². The first-order valence-electron chi connectivity index (χ1n) is 9.30. The molecule has 1 unspecified atom stereocenters. The Balaban J connectivity index is 1.52. The van der Waals surface area contributed by atoms with Gasteiger partial charge in [0.15, 0.2) is 0 Å². The summed E-state index contributed by atoms with van der Waals surface area (Å²) in [5.74, 6) is 0.583. The number of carbonyl (C=O) groups excluding carboxylic acids is 1. The van der Waals surface area contributed by atoms with Gasteiger partial charge in [-0.2, -0.15) is 0 Å². The molecular weight excluding hydrogens is 320 g/mol. The van der Waals surface area contributed by atoms with Gasteiger partial charge in [0.2, 0.25) is 5.91 Å². The lowest BCUT2D eigenvalue weighted by atomic mass is 9.71. The number of hydrogen-bond donors (Lipinski definition) is 0. The van der Waals surface area contributed by atoms with E-state index in [1.165, 1.54) is 22.6 Å². The molecule has 5 heteroatoms. The fourth-order valence-electron chi connectivity index (χ4n) is 4.77. The van der Waals surface area contributed by atoms with E-state index in [1.54, 1.807) is 0 Å². The first kappa shape index (κ1) is 16.6. The Kier molecular flexibility index (Phi) is 4.67. The van der Waals surface area contributed by atoms with Crippen LogP contribution in [0, 0.1) is 18.3 Å². The van der Waals surface area contributed by atoms with Gasteiger partial charge in [0.05, 0.1) is 5.92 Å². The molecule has 3 fully saturated rings. The van der Waals surface area contributed by atoms with Crippen molar-refractivity contribution in [1.29, 1.82) is 0 Å². The summed E-state index contributed by atoms with van der Waals surface area (Å²) in [7, 11) is 0. The van der Waals surface area contributed by atoms with Crippen molar-refractivity contribution >= 4 is 17.2 Å². The standard InChI is InChI=1S/C19H28N2O2S/c1-15-4-5-16(24-15)12-20-13-17(18(22)21-8-2-3-9-21)19(14-20)6-10-23-11-7-19/h4-5,17H,2-3,6-14H2,1H3. The van der Waals surface area contributed by atoms with Crippen molar-refractivity contribution in [2.75, 3.05) is 39.4 Å². The quantitative estimate of drug-likeness (QED) is 0.842. The predicted octanol–water partition coefficient (Wildman–Crippen LogP) is 2.91. The normalized spacial score (nSPS) is 27.2. The van der Waals surface area contributed by atoms with E-state index in [0.29, 0.717) is 5.91 Å². The third-order valence-electron chi connectivity index (χ3n) is 6.10. The second-order valence-corrected chi connectivity index (χ2v) is 9.11. The summed E-state index contributed by atoms with van der Waals surface area (Å²) in [6.07, 6.45) is 4.42. The van der Waals surface area contributed by atoms with Gasteiger partial charge in [-0.3, -0.25) is 9.69 Å². The molecule has 4 rings (SSSR count). The predicted molar refractivity (Wildman–Crippen MR) is 96.1 cm³/mol. The van der Waals surface area contributed by atoms with Crippen LogP contribution in [0.25, 0.3) is 0 Å². The highest BCUT2D eigenvalue weighted by molar-refractivity contribution is 7.11. The molecule has 4 nitrogen and oxygen atoms in total. The lowest BCUT2D eigenvalue weighted by molar-refractivity contribution is -0.139. The second kappa shape index (κ2) is 6.77. The van der Waals surface area contributed by atoms with E-state index in [2.05, 4.69) is 28.9 Å². The Hall–Kier alpha value is -0.910. The van der Waals surface area contributed by atoms with Crippen molar-refractivity contribution in [3.05, 3.63) is 21.9 Å². The van der Waals surface area contributed by atoms with Crippen LogP contribution in [0.3, 0.4) is 0 Å². The van der Waals surface area contributed by atoms with E-state index in [1.807, 2.05) is 11.3 Å². The van der Waals surface area contributed by atoms with Crippen LogP contribution in [-0.4, -0.2) is 55.1 Å². The van der Waals surface area contributed by atoms with Crippen LogP contribution in [0.15, 0.2) is 12.1 Å². The number of ether oxygens (including phenoxy) is 1. The lowest BCUT2D eigenvalue weighted by Gasteiger charge is -2.38. The Labute approximate surface area is 148 Å². The molecule has 3 saturated heterocycles. The highest BCUT2D eigenvalue weighted by Crippen LogP contribution is 2.46. The van der Waals surface area contributed by atoms with Gasteiger partial charge in [-0.15, -0.1) is 11.3 Å². The Bertz CT molecular complexity index is 588. The molecular formula is C19H28N2O2S. The third-order valence-corrected chi connectivity index (χ3v) is 7.08. The minimum atomic E-state index is 0.143. The molecule has 4 heterocycles. The van der Waals surface area contributed by atoms with Crippen molar-refractivity contribution in [2.45, 2.75) is 39.2 Å². The molecule has 132 valence electrons. The molecule has 1 amide bonds. The maximum atomic E-state index is 13.2. The molecule has 0 bridgehead atoms. The zero-order valence-electron chi connectivity index (χ0n) is 14.6. The fraction of sp³-hybridized carbons (Fsp3) is 0.737. The maximum absolute atomic E-state index is 13.2. The molecule has 0 aliphatic carbocycles. The smallest absolute Gasteiger partial charge is 0.227 e. The van der Waals surface area contributed by atoms with E-state index in [9.17, 15) is 4.79 Å². The number of amides is 1. The highest BCUT2D eigenvalue weighted by atomic mass is 32.1. The van der Waals surface area contributed by atoms with Gasteiger partial charge < -0.3 is 9.64 Å². The van der Waals surface area contributed by atoms with Gasteiger partial charge in [0, 0.05) is 61.1 Å². The molecule has 0 saturated carbocycles. The van der Waals surface area contributed by atoms with Crippen molar-refractivity contribution < 1.29 is 9.53 Å². The average Bonchev–Trinajstić information content (AvgIpc) is 3.30. The highest BCUT2D eigenvalue weighted by Gasteiger charge is 2.51. The minimum Gasteiger partial charge on any atom is -0.381 e. The topological polar surface area (TPSA) is 32.8 Å². The first-order chi connectivity index (χ1) is 11.7. The summed E-state index contributed by atoms with van der Waals surface area (Å²) in [6.45, 7) is 8.69. The maximum Gasteiger partial charge on any atom is 0.227 e. The van der Waals surface area contributed by atoms with Crippen LogP contribution in [0.5, 0.6) is 0 Å². The number of thiophene rings is 1. The Morgan fingerprint density at radius 2 is 2.04 bits per heavy atom. The zero-order chi connectivity index (χ0) is 16.6. The number of nitrogens with zero attached hydrogens (tertiary/aromatic N) is 2. The van der Waals surface area contributed by atoms with Crippen LogP contribution in [-0.2, 0) is 16.1 Å². The van der Waals surface area contributed by atoms with Gasteiger partial charge in [-0.05, 0) is 44.7 Å². The average molecular weight is 349 g/mol. The van der Waals surface area contributed by atoms with Crippen molar-refractivity contribution in [2.24, 2.45) is 11.3 Å². The van der Waals surface area contributed by atoms with Gasteiger partial charge in [0.1, 0.15) is 0 Å². The number of aryl methyl sites for hydroxylation is 1. The monoisotopic (exact) mass is 348 g/mol. The van der Waals surface area contributed by atoms with Crippen molar-refractivity contribution in [3.8, 4) is 0 Å². The summed E-state index contributed by atoms with van der Waals surface area (Å²) >= 11 is 1.88. The van der Waals surface area contributed by atoms with Crippen LogP contribution in [0.4, 0.5) is 0 Å². The van der Waals surface area contributed by atoms with Gasteiger partial charge in [-0.25, -0.2) is 0 Å². The lowest BCUT2D eigenvalue weighted by Crippen LogP contribution is -2.45. The summed E-state index contributed by atoms with van der Waals surface area (Å²) in [5.41, 5.74) is 0.143. The summed E-state index contributed by atoms with van der Waals surface area (Å²) in [4.78, 5) is 20.6. The minimum absolute atomic E-state index is 0.143. The van der Waals surface area contributed by atoms with E-state index in [-0.39, 0.29) is 11.3 Å². The molecule has 0 radical (unpaired) electrons. The molecule has 1 spiro atoms. The Morgan fingerprint density at radius 1 is 1.29 bits per heavy atom. The Morgan fingerprint density at radius 3 is 2.71 bits per heavy atom. The van der Waals surface area contributed by atoms with Crippen LogP contribution < -0.4 is 0 Å². The third kappa shape index (κ3) is 3.14. The molecule has 1 atom stereocenters. The van der Waals surface area contributed by atoms with Crippen molar-refractivity contribution in [3.63, 3.8) is 0 Å². The SMILES string of the molecule is Cc1ccc(CN2CC(C(=O)N3CCCC3)C3(CCOCC3)C2)s1. The molecule has 3 aliphatic heterocycles.